The molecule has 164 valence electrons. The number of amides is 2. The van der Waals surface area contributed by atoms with Crippen molar-refractivity contribution in [2.75, 3.05) is 32.8 Å². The number of hydrogen-bond acceptors (Lipinski definition) is 4. The highest BCUT2D eigenvalue weighted by Gasteiger charge is 2.42. The second-order valence-corrected chi connectivity index (χ2v) is 9.36. The molecule has 1 unspecified atom stereocenters. The number of nitrogens with zero attached hydrogens (tertiary/aromatic N) is 3. The number of aromatic nitrogens is 1. The van der Waals surface area contributed by atoms with Crippen molar-refractivity contribution in [1.82, 2.24) is 14.8 Å². The van der Waals surface area contributed by atoms with Gasteiger partial charge in [-0.05, 0) is 56.6 Å². The van der Waals surface area contributed by atoms with E-state index in [0.717, 1.165) is 69.1 Å². The topological polar surface area (TPSA) is 62.7 Å². The van der Waals surface area contributed by atoms with Crippen LogP contribution in [0.2, 0.25) is 0 Å². The average molecular weight is 422 g/mol. The van der Waals surface area contributed by atoms with Crippen LogP contribution in [0.1, 0.15) is 55.4 Å². The van der Waals surface area contributed by atoms with Crippen molar-refractivity contribution < 1.29 is 14.3 Å². The Bertz CT molecular complexity index is 961. The van der Waals surface area contributed by atoms with Gasteiger partial charge in [-0.3, -0.25) is 9.59 Å². The number of ether oxygens (including phenoxy) is 1. The van der Waals surface area contributed by atoms with Crippen LogP contribution in [0.3, 0.4) is 0 Å². The van der Waals surface area contributed by atoms with Gasteiger partial charge in [0.05, 0.1) is 11.1 Å². The number of rotatable bonds is 3. The van der Waals surface area contributed by atoms with Gasteiger partial charge in [-0.2, -0.15) is 0 Å². The van der Waals surface area contributed by atoms with Gasteiger partial charge in [-0.15, -0.1) is 0 Å². The van der Waals surface area contributed by atoms with Crippen LogP contribution in [0.15, 0.2) is 36.4 Å². The maximum atomic E-state index is 13.0. The molecule has 0 radical (unpaired) electrons. The van der Waals surface area contributed by atoms with Crippen molar-refractivity contribution in [3.63, 3.8) is 0 Å². The molecule has 1 atom stereocenters. The SMILES string of the molecule is O=C(CC1CCOC2(CCN(C(=O)c3ccc4ccccc4n3)CC2)C1)N1CCCC1. The van der Waals surface area contributed by atoms with Crippen LogP contribution in [0.5, 0.6) is 0 Å². The molecular formula is C25H31N3O3. The molecule has 1 aromatic carbocycles. The molecule has 2 amide bonds. The summed E-state index contributed by atoms with van der Waals surface area (Å²) in [6.45, 7) is 3.93. The first-order chi connectivity index (χ1) is 15.1. The van der Waals surface area contributed by atoms with Gasteiger partial charge >= 0.3 is 0 Å². The van der Waals surface area contributed by atoms with E-state index in [2.05, 4.69) is 4.98 Å². The van der Waals surface area contributed by atoms with Crippen molar-refractivity contribution in [2.45, 2.75) is 50.5 Å². The van der Waals surface area contributed by atoms with E-state index in [-0.39, 0.29) is 11.5 Å². The van der Waals surface area contributed by atoms with E-state index < -0.39 is 0 Å². The summed E-state index contributed by atoms with van der Waals surface area (Å²) in [6, 6.07) is 11.7. The van der Waals surface area contributed by atoms with E-state index >= 15 is 0 Å². The van der Waals surface area contributed by atoms with Crippen molar-refractivity contribution in [3.8, 4) is 0 Å². The third kappa shape index (κ3) is 4.31. The summed E-state index contributed by atoms with van der Waals surface area (Å²) in [5, 5.41) is 1.04. The number of piperidine rings is 1. The Labute approximate surface area is 183 Å². The Balaban J connectivity index is 1.19. The van der Waals surface area contributed by atoms with Crippen molar-refractivity contribution in [3.05, 3.63) is 42.1 Å². The van der Waals surface area contributed by atoms with Gasteiger partial charge < -0.3 is 14.5 Å². The maximum absolute atomic E-state index is 13.0. The van der Waals surface area contributed by atoms with Gasteiger partial charge in [0.1, 0.15) is 5.69 Å². The molecule has 6 heteroatoms. The van der Waals surface area contributed by atoms with Gasteiger partial charge in [-0.1, -0.05) is 24.3 Å². The zero-order chi connectivity index (χ0) is 21.3. The molecule has 0 N–H and O–H groups in total. The van der Waals surface area contributed by atoms with Gasteiger partial charge in [0.2, 0.25) is 5.91 Å². The lowest BCUT2D eigenvalue weighted by molar-refractivity contribution is -0.140. The van der Waals surface area contributed by atoms with Crippen LogP contribution in [0.4, 0.5) is 0 Å². The molecule has 1 spiro atoms. The van der Waals surface area contributed by atoms with E-state index in [4.69, 9.17) is 4.74 Å². The fourth-order valence-corrected chi connectivity index (χ4v) is 5.46. The van der Waals surface area contributed by atoms with Gasteiger partial charge in [0.15, 0.2) is 0 Å². The Hall–Kier alpha value is -2.47. The smallest absolute Gasteiger partial charge is 0.272 e. The Morgan fingerprint density at radius 1 is 1.00 bits per heavy atom. The standard InChI is InChI=1S/C25H31N3O3/c29-23(27-12-3-4-13-27)17-19-9-16-31-25(18-19)10-14-28(15-11-25)24(30)22-8-7-20-5-1-2-6-21(20)26-22/h1-2,5-8,19H,3-4,9-18H2. The molecule has 3 saturated heterocycles. The van der Waals surface area contributed by atoms with Crippen molar-refractivity contribution >= 4 is 22.7 Å². The van der Waals surface area contributed by atoms with Gasteiger partial charge in [0.25, 0.3) is 5.91 Å². The highest BCUT2D eigenvalue weighted by molar-refractivity contribution is 5.95. The van der Waals surface area contributed by atoms with Crippen molar-refractivity contribution in [2.24, 2.45) is 5.92 Å². The lowest BCUT2D eigenvalue weighted by Crippen LogP contribution is -2.51. The summed E-state index contributed by atoms with van der Waals surface area (Å²) in [4.78, 5) is 34.2. The molecule has 3 aliphatic heterocycles. The number of pyridine rings is 1. The number of hydrogen-bond donors (Lipinski definition) is 0. The number of benzene rings is 1. The molecule has 6 nitrogen and oxygen atoms in total. The third-order valence-corrected chi connectivity index (χ3v) is 7.30. The molecule has 0 saturated carbocycles. The quantitative estimate of drug-likeness (QED) is 0.759. The van der Waals surface area contributed by atoms with Crippen LogP contribution in [0.25, 0.3) is 10.9 Å². The second-order valence-electron chi connectivity index (χ2n) is 9.36. The maximum Gasteiger partial charge on any atom is 0.272 e. The van der Waals surface area contributed by atoms with Crippen LogP contribution in [-0.2, 0) is 9.53 Å². The third-order valence-electron chi connectivity index (χ3n) is 7.30. The molecule has 31 heavy (non-hydrogen) atoms. The number of para-hydroxylation sites is 1. The first kappa shape index (κ1) is 20.4. The van der Waals surface area contributed by atoms with Gasteiger partial charge in [0, 0.05) is 44.6 Å². The monoisotopic (exact) mass is 421 g/mol. The normalized spacial score (nSPS) is 23.4. The summed E-state index contributed by atoms with van der Waals surface area (Å²) < 4.78 is 6.26. The van der Waals surface area contributed by atoms with E-state index in [1.165, 1.54) is 0 Å². The molecule has 5 rings (SSSR count). The zero-order valence-electron chi connectivity index (χ0n) is 18.1. The molecule has 0 bridgehead atoms. The number of carbonyl (C=O) groups is 2. The van der Waals surface area contributed by atoms with E-state index in [1.807, 2.05) is 46.2 Å². The molecular weight excluding hydrogens is 390 g/mol. The second kappa shape index (κ2) is 8.58. The number of fused-ring (bicyclic) bond motifs is 1. The Morgan fingerprint density at radius 2 is 1.77 bits per heavy atom. The molecule has 4 heterocycles. The first-order valence-corrected chi connectivity index (χ1v) is 11.7. The zero-order valence-corrected chi connectivity index (χ0v) is 18.1. The van der Waals surface area contributed by atoms with E-state index in [0.29, 0.717) is 37.0 Å². The summed E-state index contributed by atoms with van der Waals surface area (Å²) in [5.74, 6) is 0.706. The fraction of sp³-hybridized carbons (Fsp3) is 0.560. The lowest BCUT2D eigenvalue weighted by atomic mass is 9.78. The highest BCUT2D eigenvalue weighted by atomic mass is 16.5. The fourth-order valence-electron chi connectivity index (χ4n) is 5.46. The Morgan fingerprint density at radius 3 is 2.58 bits per heavy atom. The molecule has 0 aliphatic carbocycles. The first-order valence-electron chi connectivity index (χ1n) is 11.7. The van der Waals surface area contributed by atoms with Crippen LogP contribution < -0.4 is 0 Å². The molecule has 3 fully saturated rings. The Kier molecular flexibility index (Phi) is 5.65. The summed E-state index contributed by atoms with van der Waals surface area (Å²) in [5.41, 5.74) is 1.18. The minimum absolute atomic E-state index is 0.00262. The predicted molar refractivity (Wildman–Crippen MR) is 119 cm³/mol. The molecule has 1 aromatic heterocycles. The van der Waals surface area contributed by atoms with E-state index in [9.17, 15) is 9.59 Å². The van der Waals surface area contributed by atoms with Gasteiger partial charge in [-0.25, -0.2) is 4.98 Å². The average Bonchev–Trinajstić information content (AvgIpc) is 3.34. The summed E-state index contributed by atoms with van der Waals surface area (Å²) in [6.07, 6.45) is 6.49. The largest absolute Gasteiger partial charge is 0.375 e. The predicted octanol–water partition coefficient (Wildman–Crippen LogP) is 3.65. The van der Waals surface area contributed by atoms with Crippen LogP contribution in [-0.4, -0.2) is 65.0 Å². The summed E-state index contributed by atoms with van der Waals surface area (Å²) >= 11 is 0. The van der Waals surface area contributed by atoms with Crippen LogP contribution >= 0.6 is 0 Å². The van der Waals surface area contributed by atoms with Crippen LogP contribution in [0, 0.1) is 5.92 Å². The van der Waals surface area contributed by atoms with Crippen molar-refractivity contribution in [1.29, 1.82) is 0 Å². The number of likely N-dealkylation sites (tertiary alicyclic amines) is 2. The summed E-state index contributed by atoms with van der Waals surface area (Å²) in [7, 11) is 0. The highest BCUT2D eigenvalue weighted by Crippen LogP contribution is 2.39. The molecule has 2 aromatic rings. The van der Waals surface area contributed by atoms with E-state index in [1.54, 1.807) is 0 Å². The minimum atomic E-state index is -0.179. The molecule has 3 aliphatic rings. The number of carbonyl (C=O) groups excluding carboxylic acids is 2. The minimum Gasteiger partial charge on any atom is -0.375 e. The lowest BCUT2D eigenvalue weighted by Gasteiger charge is -2.46.